The summed E-state index contributed by atoms with van der Waals surface area (Å²) in [6, 6.07) is 2.59. The van der Waals surface area contributed by atoms with E-state index < -0.39 is 41.3 Å². The summed E-state index contributed by atoms with van der Waals surface area (Å²) < 4.78 is 33.1. The number of ether oxygens (including phenoxy) is 1. The number of likely N-dealkylation sites (tertiary alicyclic amines) is 1. The van der Waals surface area contributed by atoms with Gasteiger partial charge in [0.25, 0.3) is 0 Å². The Morgan fingerprint density at radius 3 is 2.65 bits per heavy atom. The van der Waals surface area contributed by atoms with E-state index in [1.165, 1.54) is 24.1 Å². The van der Waals surface area contributed by atoms with Crippen molar-refractivity contribution in [1.82, 2.24) is 20.4 Å². The molecule has 1 unspecified atom stereocenters. The van der Waals surface area contributed by atoms with Crippen LogP contribution in [0.5, 0.6) is 0 Å². The number of halogens is 2. The van der Waals surface area contributed by atoms with Crippen LogP contribution in [-0.4, -0.2) is 65.4 Å². The first-order chi connectivity index (χ1) is 17.6. The van der Waals surface area contributed by atoms with Gasteiger partial charge in [-0.1, -0.05) is 12.1 Å². The summed E-state index contributed by atoms with van der Waals surface area (Å²) in [6.07, 6.45) is 4.75. The molecular weight excluding hydrogens is 486 g/mol. The predicted octanol–water partition coefficient (Wildman–Crippen LogP) is 2.94. The van der Waals surface area contributed by atoms with Gasteiger partial charge in [0, 0.05) is 19.0 Å². The number of hydrogen-bond acceptors (Lipinski definition) is 5. The number of carbonyl (C=O) groups excluding carboxylic acids is 4. The average Bonchev–Trinajstić information content (AvgIpc) is 3.52. The van der Waals surface area contributed by atoms with Crippen LogP contribution in [0, 0.1) is 17.6 Å². The number of hydrogen-bond donors (Lipinski definition) is 2. The highest BCUT2D eigenvalue weighted by atomic mass is 19.2. The topological polar surface area (TPSA) is 108 Å². The van der Waals surface area contributed by atoms with Gasteiger partial charge < -0.3 is 20.3 Å². The van der Waals surface area contributed by atoms with Gasteiger partial charge in [0.15, 0.2) is 23.0 Å². The first-order valence-corrected chi connectivity index (χ1v) is 12.3. The molecule has 2 N–H and O–H groups in total. The second kappa shape index (κ2) is 9.28. The van der Waals surface area contributed by atoms with Gasteiger partial charge in [-0.05, 0) is 62.0 Å². The second-order valence-electron chi connectivity index (χ2n) is 10.00. The first kappa shape index (κ1) is 24.9. The molecule has 1 aromatic rings. The van der Waals surface area contributed by atoms with Gasteiger partial charge in [0.05, 0.1) is 18.3 Å². The van der Waals surface area contributed by atoms with E-state index in [0.717, 1.165) is 12.1 Å². The zero-order valence-corrected chi connectivity index (χ0v) is 20.6. The van der Waals surface area contributed by atoms with Crippen molar-refractivity contribution in [2.24, 2.45) is 5.92 Å². The predicted molar refractivity (Wildman–Crippen MR) is 127 cm³/mol. The zero-order chi connectivity index (χ0) is 26.5. The van der Waals surface area contributed by atoms with Gasteiger partial charge in [0.2, 0.25) is 5.91 Å². The molecule has 4 amide bonds. The van der Waals surface area contributed by atoms with E-state index in [1.54, 1.807) is 11.0 Å². The van der Waals surface area contributed by atoms with E-state index in [1.807, 2.05) is 6.92 Å². The van der Waals surface area contributed by atoms with Crippen LogP contribution in [0.1, 0.15) is 44.2 Å². The van der Waals surface area contributed by atoms with Crippen molar-refractivity contribution in [2.45, 2.75) is 50.3 Å². The summed E-state index contributed by atoms with van der Waals surface area (Å²) >= 11 is 0. The van der Waals surface area contributed by atoms with Gasteiger partial charge in [0.1, 0.15) is 6.54 Å². The highest BCUT2D eigenvalue weighted by molar-refractivity contribution is 6.03. The Morgan fingerprint density at radius 2 is 1.92 bits per heavy atom. The number of rotatable bonds is 4. The first-order valence-electron chi connectivity index (χ1n) is 12.3. The Labute approximate surface area is 212 Å². The van der Waals surface area contributed by atoms with Crippen LogP contribution >= 0.6 is 0 Å². The number of urea groups is 1. The SMILES string of the molecule is CNC(=O)NC1=CC=C2C(CC[C@]23CN(CC(=O)N2[C@@H](c4ccc(F)c(F)c4)CC[C@@H]2C)C(=O)O3)C1=O. The summed E-state index contributed by atoms with van der Waals surface area (Å²) in [5.74, 6) is -2.99. The lowest BCUT2D eigenvalue weighted by Crippen LogP contribution is -2.44. The lowest BCUT2D eigenvalue weighted by molar-refractivity contribution is -0.134. The summed E-state index contributed by atoms with van der Waals surface area (Å²) in [5, 5.41) is 4.92. The average molecular weight is 515 g/mol. The van der Waals surface area contributed by atoms with E-state index >= 15 is 0 Å². The molecule has 0 radical (unpaired) electrons. The lowest BCUT2D eigenvalue weighted by Gasteiger charge is -2.31. The van der Waals surface area contributed by atoms with Crippen LogP contribution in [0.3, 0.4) is 0 Å². The van der Waals surface area contributed by atoms with Crippen LogP contribution in [0.15, 0.2) is 41.6 Å². The Balaban J connectivity index is 1.32. The third-order valence-corrected chi connectivity index (χ3v) is 7.82. The fourth-order valence-corrected chi connectivity index (χ4v) is 6.00. The van der Waals surface area contributed by atoms with Gasteiger partial charge in [-0.25, -0.2) is 18.4 Å². The molecule has 1 saturated carbocycles. The molecule has 196 valence electrons. The number of Topliss-reactive ketones (excluding diaryl/α,β-unsaturated/α-hetero) is 1. The Hall–Kier alpha value is -3.76. The van der Waals surface area contributed by atoms with Crippen LogP contribution < -0.4 is 10.6 Å². The number of nitrogens with zero attached hydrogens (tertiary/aromatic N) is 2. The van der Waals surface area contributed by atoms with E-state index in [9.17, 15) is 28.0 Å². The summed E-state index contributed by atoms with van der Waals surface area (Å²) in [5.41, 5.74) is 0.336. The second-order valence-corrected chi connectivity index (χ2v) is 10.00. The molecule has 11 heteroatoms. The smallest absolute Gasteiger partial charge is 0.411 e. The molecule has 0 bridgehead atoms. The summed E-state index contributed by atoms with van der Waals surface area (Å²) in [7, 11) is 1.45. The molecule has 2 saturated heterocycles. The number of amides is 4. The highest BCUT2D eigenvalue weighted by Gasteiger charge is 2.56. The third kappa shape index (κ3) is 4.25. The van der Waals surface area contributed by atoms with Gasteiger partial charge in [-0.3, -0.25) is 14.5 Å². The molecule has 9 nitrogen and oxygen atoms in total. The molecule has 4 aliphatic rings. The van der Waals surface area contributed by atoms with Crippen LogP contribution in [0.25, 0.3) is 0 Å². The van der Waals surface area contributed by atoms with Crippen LogP contribution in [0.2, 0.25) is 0 Å². The van der Waals surface area contributed by atoms with E-state index in [0.29, 0.717) is 36.8 Å². The molecule has 37 heavy (non-hydrogen) atoms. The fraction of sp³-hybridized carbons (Fsp3) is 0.462. The largest absolute Gasteiger partial charge is 0.436 e. The lowest BCUT2D eigenvalue weighted by atomic mass is 9.85. The number of fused-ring (bicyclic) bond motifs is 2. The summed E-state index contributed by atoms with van der Waals surface area (Å²) in [6.45, 7) is 1.78. The van der Waals surface area contributed by atoms with Crippen molar-refractivity contribution in [3.63, 3.8) is 0 Å². The van der Waals surface area contributed by atoms with Crippen molar-refractivity contribution in [3.8, 4) is 0 Å². The normalized spacial score (nSPS) is 28.7. The monoisotopic (exact) mass is 514 g/mol. The zero-order valence-electron chi connectivity index (χ0n) is 20.6. The minimum absolute atomic E-state index is 0.122. The quantitative estimate of drug-likeness (QED) is 0.643. The number of allylic oxidation sites excluding steroid dienone is 3. The molecule has 0 aromatic heterocycles. The minimum Gasteiger partial charge on any atom is -0.436 e. The third-order valence-electron chi connectivity index (χ3n) is 7.82. The van der Waals surface area contributed by atoms with E-state index in [2.05, 4.69) is 10.6 Å². The number of ketones is 1. The Bertz CT molecular complexity index is 1250. The van der Waals surface area contributed by atoms with E-state index in [4.69, 9.17) is 4.74 Å². The maximum atomic E-state index is 13.9. The maximum absolute atomic E-state index is 13.9. The number of benzene rings is 1. The fourth-order valence-electron chi connectivity index (χ4n) is 6.00. The van der Waals surface area contributed by atoms with Gasteiger partial charge in [-0.2, -0.15) is 0 Å². The molecule has 2 aliphatic heterocycles. The van der Waals surface area contributed by atoms with E-state index in [-0.39, 0.29) is 36.5 Å². The molecule has 4 atom stereocenters. The molecular formula is C26H28F2N4O5. The molecule has 3 fully saturated rings. The van der Waals surface area contributed by atoms with Gasteiger partial charge in [-0.15, -0.1) is 0 Å². The Kier molecular flexibility index (Phi) is 6.25. The molecule has 2 heterocycles. The summed E-state index contributed by atoms with van der Waals surface area (Å²) in [4.78, 5) is 53.8. The molecule has 5 rings (SSSR count). The highest BCUT2D eigenvalue weighted by Crippen LogP contribution is 2.48. The molecule has 1 aromatic carbocycles. The Morgan fingerprint density at radius 1 is 1.14 bits per heavy atom. The number of carbonyl (C=O) groups is 4. The molecule has 2 aliphatic carbocycles. The van der Waals surface area contributed by atoms with Crippen LogP contribution in [0.4, 0.5) is 18.4 Å². The van der Waals surface area contributed by atoms with Crippen molar-refractivity contribution in [1.29, 1.82) is 0 Å². The maximum Gasteiger partial charge on any atom is 0.411 e. The van der Waals surface area contributed by atoms with Crippen molar-refractivity contribution in [2.75, 3.05) is 20.1 Å². The number of nitrogens with one attached hydrogen (secondary N) is 2. The minimum atomic E-state index is -1.01. The van der Waals surface area contributed by atoms with Crippen molar-refractivity contribution < 1.29 is 32.7 Å². The van der Waals surface area contributed by atoms with Crippen LogP contribution in [-0.2, 0) is 14.3 Å². The van der Waals surface area contributed by atoms with Gasteiger partial charge >= 0.3 is 12.1 Å². The standard InChI is InChI=1S/C26H28F2N4O5/c1-14-3-8-21(15-4-6-18(27)19(28)11-15)32(14)22(33)12-31-13-26(37-25(31)36)10-9-16-17(26)5-7-20(23(16)34)30-24(35)29-2/h4-7,11,14,16,21H,3,8-10,12-13H2,1-2H3,(H2,29,30,35)/t14-,16?,21+,26-/m0/s1. The van der Waals surface area contributed by atoms with Crippen molar-refractivity contribution >= 4 is 23.8 Å². The van der Waals surface area contributed by atoms with Crippen molar-refractivity contribution in [3.05, 3.63) is 58.8 Å². The molecule has 1 spiro atoms.